The van der Waals surface area contributed by atoms with Crippen LogP contribution in [-0.2, 0) is 9.59 Å². The summed E-state index contributed by atoms with van der Waals surface area (Å²) in [5, 5.41) is 8.95. The van der Waals surface area contributed by atoms with Gasteiger partial charge in [-0.25, -0.2) is 0 Å². The van der Waals surface area contributed by atoms with E-state index in [1.807, 2.05) is 4.90 Å². The molecule has 2 amide bonds. The van der Waals surface area contributed by atoms with E-state index in [-0.39, 0.29) is 30.4 Å². The summed E-state index contributed by atoms with van der Waals surface area (Å²) < 4.78 is 0. The Hall–Kier alpha value is -1.61. The summed E-state index contributed by atoms with van der Waals surface area (Å²) in [6.07, 6.45) is 3.25. The van der Waals surface area contributed by atoms with Gasteiger partial charge in [0, 0.05) is 6.54 Å². The van der Waals surface area contributed by atoms with Crippen molar-refractivity contribution in [3.8, 4) is 6.07 Å². The zero-order chi connectivity index (χ0) is 13.1. The molecule has 0 spiro atoms. The molecule has 0 aromatic carbocycles. The lowest BCUT2D eigenvalue weighted by Crippen LogP contribution is -2.47. The number of likely N-dealkylation sites (tertiary alicyclic amines) is 2. The number of primary amides is 1. The van der Waals surface area contributed by atoms with Gasteiger partial charge in [0.05, 0.1) is 18.7 Å². The van der Waals surface area contributed by atoms with Crippen molar-refractivity contribution >= 4 is 11.8 Å². The monoisotopic (exact) mass is 250 g/mol. The Bertz CT molecular complexity index is 390. The van der Waals surface area contributed by atoms with Crippen LogP contribution in [-0.4, -0.2) is 53.3 Å². The first-order chi connectivity index (χ1) is 8.63. The van der Waals surface area contributed by atoms with Gasteiger partial charge < -0.3 is 10.6 Å². The SMILES string of the molecule is N#C[C@@H]1CCCN1C(=O)CN1CCC[C@H]1C(N)=O. The van der Waals surface area contributed by atoms with Crippen LogP contribution in [0.2, 0.25) is 0 Å². The summed E-state index contributed by atoms with van der Waals surface area (Å²) >= 11 is 0. The Morgan fingerprint density at radius 3 is 2.67 bits per heavy atom. The first-order valence-corrected chi connectivity index (χ1v) is 6.36. The van der Waals surface area contributed by atoms with Crippen LogP contribution in [0.25, 0.3) is 0 Å². The molecule has 2 fully saturated rings. The van der Waals surface area contributed by atoms with Crippen LogP contribution in [0, 0.1) is 11.3 Å². The van der Waals surface area contributed by atoms with Crippen molar-refractivity contribution < 1.29 is 9.59 Å². The van der Waals surface area contributed by atoms with Crippen molar-refractivity contribution in [2.75, 3.05) is 19.6 Å². The highest BCUT2D eigenvalue weighted by atomic mass is 16.2. The standard InChI is InChI=1S/C12H18N4O2/c13-7-9-3-1-6-16(9)11(17)8-15-5-2-4-10(15)12(14)18/h9-10H,1-6,8H2,(H2,14,18)/t9-,10-/m0/s1. The van der Waals surface area contributed by atoms with Gasteiger partial charge in [-0.1, -0.05) is 0 Å². The lowest BCUT2D eigenvalue weighted by atomic mass is 10.2. The molecule has 0 saturated carbocycles. The number of rotatable bonds is 3. The van der Waals surface area contributed by atoms with Gasteiger partial charge in [0.15, 0.2) is 0 Å². The van der Waals surface area contributed by atoms with E-state index in [1.54, 1.807) is 4.90 Å². The highest BCUT2D eigenvalue weighted by molar-refractivity contribution is 5.83. The predicted molar refractivity (Wildman–Crippen MR) is 64.1 cm³/mol. The molecular weight excluding hydrogens is 232 g/mol. The van der Waals surface area contributed by atoms with E-state index in [0.717, 1.165) is 32.2 Å². The molecule has 2 rings (SSSR count). The Kier molecular flexibility index (Phi) is 3.82. The minimum Gasteiger partial charge on any atom is -0.368 e. The van der Waals surface area contributed by atoms with E-state index < -0.39 is 0 Å². The number of nitrogens with zero attached hydrogens (tertiary/aromatic N) is 3. The average molecular weight is 250 g/mol. The fourth-order valence-corrected chi connectivity index (χ4v) is 2.80. The smallest absolute Gasteiger partial charge is 0.237 e. The molecule has 18 heavy (non-hydrogen) atoms. The first-order valence-electron chi connectivity index (χ1n) is 6.36. The third-order valence-electron chi connectivity index (χ3n) is 3.75. The molecule has 6 nitrogen and oxygen atoms in total. The van der Waals surface area contributed by atoms with E-state index in [1.165, 1.54) is 0 Å². The lowest BCUT2D eigenvalue weighted by molar-refractivity contribution is -0.133. The Morgan fingerprint density at radius 1 is 1.28 bits per heavy atom. The summed E-state index contributed by atoms with van der Waals surface area (Å²) in [6.45, 7) is 1.57. The van der Waals surface area contributed by atoms with Crippen LogP contribution in [0.1, 0.15) is 25.7 Å². The number of amides is 2. The molecule has 98 valence electrons. The Morgan fingerprint density at radius 2 is 2.00 bits per heavy atom. The second-order valence-corrected chi connectivity index (χ2v) is 4.91. The third kappa shape index (κ3) is 2.46. The number of carbonyl (C=O) groups is 2. The number of hydrogen-bond donors (Lipinski definition) is 1. The van der Waals surface area contributed by atoms with Crippen LogP contribution in [0.15, 0.2) is 0 Å². The molecule has 2 saturated heterocycles. The van der Waals surface area contributed by atoms with Gasteiger partial charge in [0.25, 0.3) is 0 Å². The normalized spacial score (nSPS) is 28.3. The molecule has 6 heteroatoms. The summed E-state index contributed by atoms with van der Waals surface area (Å²) in [5.74, 6) is -0.425. The molecule has 0 aliphatic carbocycles. The van der Waals surface area contributed by atoms with Gasteiger partial charge in [-0.15, -0.1) is 0 Å². The fraction of sp³-hybridized carbons (Fsp3) is 0.750. The zero-order valence-electron chi connectivity index (χ0n) is 10.3. The maximum Gasteiger partial charge on any atom is 0.237 e. The molecule has 0 radical (unpaired) electrons. The van der Waals surface area contributed by atoms with E-state index in [4.69, 9.17) is 11.0 Å². The number of carbonyl (C=O) groups excluding carboxylic acids is 2. The van der Waals surface area contributed by atoms with Crippen LogP contribution in [0.3, 0.4) is 0 Å². The summed E-state index contributed by atoms with van der Waals surface area (Å²) in [7, 11) is 0. The highest BCUT2D eigenvalue weighted by Crippen LogP contribution is 2.20. The molecule has 2 N–H and O–H groups in total. The topological polar surface area (TPSA) is 90.4 Å². The molecule has 0 bridgehead atoms. The lowest BCUT2D eigenvalue weighted by Gasteiger charge is -2.25. The van der Waals surface area contributed by atoms with E-state index in [9.17, 15) is 9.59 Å². The van der Waals surface area contributed by atoms with Gasteiger partial charge in [0.2, 0.25) is 11.8 Å². The molecule has 2 aliphatic rings. The second-order valence-electron chi connectivity index (χ2n) is 4.91. The van der Waals surface area contributed by atoms with Gasteiger partial charge in [-0.2, -0.15) is 5.26 Å². The van der Waals surface area contributed by atoms with Crippen LogP contribution < -0.4 is 5.73 Å². The van der Waals surface area contributed by atoms with Crippen LogP contribution in [0.4, 0.5) is 0 Å². The highest BCUT2D eigenvalue weighted by Gasteiger charge is 2.34. The van der Waals surface area contributed by atoms with Crippen molar-refractivity contribution in [2.45, 2.75) is 37.8 Å². The average Bonchev–Trinajstić information content (AvgIpc) is 2.96. The van der Waals surface area contributed by atoms with Crippen LogP contribution in [0.5, 0.6) is 0 Å². The molecular formula is C12H18N4O2. The summed E-state index contributed by atoms with van der Waals surface area (Å²) in [6, 6.07) is 1.53. The molecule has 0 aromatic heterocycles. The predicted octanol–water partition coefficient (Wildman–Crippen LogP) is -0.549. The molecule has 2 aliphatic heterocycles. The van der Waals surface area contributed by atoms with Crippen molar-refractivity contribution in [2.24, 2.45) is 5.73 Å². The summed E-state index contributed by atoms with van der Waals surface area (Å²) in [4.78, 5) is 26.8. The fourth-order valence-electron chi connectivity index (χ4n) is 2.80. The van der Waals surface area contributed by atoms with Crippen LogP contribution >= 0.6 is 0 Å². The second kappa shape index (κ2) is 5.36. The number of nitrogens with two attached hydrogens (primary N) is 1. The number of nitriles is 1. The van der Waals surface area contributed by atoms with E-state index in [0.29, 0.717) is 6.54 Å². The van der Waals surface area contributed by atoms with Gasteiger partial charge in [-0.05, 0) is 32.2 Å². The number of hydrogen-bond acceptors (Lipinski definition) is 4. The molecule has 2 atom stereocenters. The maximum atomic E-state index is 12.1. The quantitative estimate of drug-likeness (QED) is 0.727. The minimum absolute atomic E-state index is 0.0628. The Labute approximate surface area is 106 Å². The maximum absolute atomic E-state index is 12.1. The third-order valence-corrected chi connectivity index (χ3v) is 3.75. The molecule has 0 aromatic rings. The van der Waals surface area contributed by atoms with Gasteiger partial charge in [-0.3, -0.25) is 14.5 Å². The molecule has 2 heterocycles. The van der Waals surface area contributed by atoms with E-state index >= 15 is 0 Å². The van der Waals surface area contributed by atoms with Crippen molar-refractivity contribution in [1.82, 2.24) is 9.80 Å². The summed E-state index contributed by atoms with van der Waals surface area (Å²) in [5.41, 5.74) is 5.31. The van der Waals surface area contributed by atoms with Gasteiger partial charge in [0.1, 0.15) is 6.04 Å². The zero-order valence-corrected chi connectivity index (χ0v) is 10.3. The molecule has 0 unspecified atom stereocenters. The minimum atomic E-state index is -0.362. The first kappa shape index (κ1) is 12.8. The largest absolute Gasteiger partial charge is 0.368 e. The van der Waals surface area contributed by atoms with Crippen molar-refractivity contribution in [3.63, 3.8) is 0 Å². The van der Waals surface area contributed by atoms with Crippen molar-refractivity contribution in [3.05, 3.63) is 0 Å². The Balaban J connectivity index is 1.95. The van der Waals surface area contributed by atoms with Gasteiger partial charge >= 0.3 is 0 Å². The van der Waals surface area contributed by atoms with E-state index in [2.05, 4.69) is 6.07 Å². The van der Waals surface area contributed by atoms with Crippen molar-refractivity contribution in [1.29, 1.82) is 5.26 Å².